The van der Waals surface area contributed by atoms with Gasteiger partial charge in [0.2, 0.25) is 0 Å². The van der Waals surface area contributed by atoms with Gasteiger partial charge < -0.3 is 10.6 Å². The summed E-state index contributed by atoms with van der Waals surface area (Å²) in [6.07, 6.45) is 0.936. The minimum atomic E-state index is -0.0265. The molecule has 0 atom stereocenters. The smallest absolute Gasteiger partial charge is 0.251 e. The highest BCUT2D eigenvalue weighted by atomic mass is 79.9. The molecule has 0 aliphatic carbocycles. The molecule has 0 saturated carbocycles. The summed E-state index contributed by atoms with van der Waals surface area (Å²) in [7, 11) is 0. The zero-order valence-electron chi connectivity index (χ0n) is 12.0. The van der Waals surface area contributed by atoms with E-state index in [9.17, 15) is 4.79 Å². The topological polar surface area (TPSA) is 41.1 Å². The van der Waals surface area contributed by atoms with Crippen molar-refractivity contribution in [3.8, 4) is 0 Å². The molecule has 110 valence electrons. The van der Waals surface area contributed by atoms with E-state index in [1.165, 1.54) is 5.56 Å². The van der Waals surface area contributed by atoms with Gasteiger partial charge in [0.1, 0.15) is 0 Å². The third-order valence-corrected chi connectivity index (χ3v) is 3.87. The van der Waals surface area contributed by atoms with Gasteiger partial charge in [-0.1, -0.05) is 47.1 Å². The standard InChI is InChI=1S/C17H19BrN2O/c1-2-10-19-17(21)13-7-5-8-15(11-13)20-12-14-6-3-4-9-16(14)18/h3-9,11,20H,2,10,12H2,1H3,(H,19,21). The lowest BCUT2D eigenvalue weighted by Gasteiger charge is -2.10. The predicted octanol–water partition coefficient (Wildman–Crippen LogP) is 4.20. The molecule has 0 heterocycles. The van der Waals surface area contributed by atoms with Crippen molar-refractivity contribution in [2.45, 2.75) is 19.9 Å². The molecule has 0 bridgehead atoms. The summed E-state index contributed by atoms with van der Waals surface area (Å²) in [4.78, 5) is 11.9. The second-order valence-corrected chi connectivity index (χ2v) is 5.64. The molecule has 2 aromatic carbocycles. The van der Waals surface area contributed by atoms with E-state index < -0.39 is 0 Å². The molecule has 0 radical (unpaired) electrons. The van der Waals surface area contributed by atoms with Gasteiger partial charge in [-0.25, -0.2) is 0 Å². The number of carbonyl (C=O) groups is 1. The van der Waals surface area contributed by atoms with E-state index in [2.05, 4.69) is 32.6 Å². The van der Waals surface area contributed by atoms with Crippen LogP contribution in [-0.2, 0) is 6.54 Å². The second-order valence-electron chi connectivity index (χ2n) is 4.78. The molecule has 2 aromatic rings. The number of amides is 1. The molecular weight excluding hydrogens is 328 g/mol. The number of halogens is 1. The van der Waals surface area contributed by atoms with Gasteiger partial charge in [-0.15, -0.1) is 0 Å². The number of nitrogens with one attached hydrogen (secondary N) is 2. The third-order valence-electron chi connectivity index (χ3n) is 3.10. The van der Waals surface area contributed by atoms with Gasteiger partial charge in [-0.3, -0.25) is 4.79 Å². The van der Waals surface area contributed by atoms with E-state index in [1.54, 1.807) is 0 Å². The van der Waals surface area contributed by atoms with Crippen molar-refractivity contribution >= 4 is 27.5 Å². The molecule has 4 heteroatoms. The summed E-state index contributed by atoms with van der Waals surface area (Å²) in [5.74, 6) is -0.0265. The summed E-state index contributed by atoms with van der Waals surface area (Å²) >= 11 is 3.53. The van der Waals surface area contributed by atoms with E-state index in [4.69, 9.17) is 0 Å². The highest BCUT2D eigenvalue weighted by molar-refractivity contribution is 9.10. The van der Waals surface area contributed by atoms with Gasteiger partial charge in [0, 0.05) is 28.8 Å². The van der Waals surface area contributed by atoms with Crippen molar-refractivity contribution in [1.29, 1.82) is 0 Å². The molecule has 0 saturated heterocycles. The maximum atomic E-state index is 11.9. The van der Waals surface area contributed by atoms with Crippen molar-refractivity contribution in [2.24, 2.45) is 0 Å². The van der Waals surface area contributed by atoms with Crippen LogP contribution in [0.4, 0.5) is 5.69 Å². The van der Waals surface area contributed by atoms with Crippen LogP contribution in [0, 0.1) is 0 Å². The lowest BCUT2D eigenvalue weighted by molar-refractivity contribution is 0.0953. The number of hydrogen-bond donors (Lipinski definition) is 2. The van der Waals surface area contributed by atoms with E-state index in [1.807, 2.05) is 49.4 Å². The Morgan fingerprint density at radius 3 is 2.71 bits per heavy atom. The molecule has 1 amide bonds. The summed E-state index contributed by atoms with van der Waals surface area (Å²) < 4.78 is 1.08. The van der Waals surface area contributed by atoms with Crippen LogP contribution in [0.3, 0.4) is 0 Å². The van der Waals surface area contributed by atoms with Gasteiger partial charge in [-0.2, -0.15) is 0 Å². The van der Waals surface area contributed by atoms with Crippen LogP contribution in [0.25, 0.3) is 0 Å². The van der Waals surface area contributed by atoms with Crippen LogP contribution in [0.15, 0.2) is 53.0 Å². The van der Waals surface area contributed by atoms with Crippen LogP contribution in [-0.4, -0.2) is 12.5 Å². The zero-order chi connectivity index (χ0) is 15.1. The Balaban J connectivity index is 2.01. The SMILES string of the molecule is CCCNC(=O)c1cccc(NCc2ccccc2Br)c1. The number of rotatable bonds is 6. The zero-order valence-corrected chi connectivity index (χ0v) is 13.6. The summed E-state index contributed by atoms with van der Waals surface area (Å²) in [5, 5.41) is 6.23. The molecule has 0 aliphatic rings. The normalized spacial score (nSPS) is 10.2. The lowest BCUT2D eigenvalue weighted by Crippen LogP contribution is -2.23. The largest absolute Gasteiger partial charge is 0.381 e. The Hall–Kier alpha value is -1.81. The van der Waals surface area contributed by atoms with Crippen LogP contribution < -0.4 is 10.6 Å². The Morgan fingerprint density at radius 1 is 1.14 bits per heavy atom. The molecule has 0 aromatic heterocycles. The molecule has 21 heavy (non-hydrogen) atoms. The first-order chi connectivity index (χ1) is 10.2. The van der Waals surface area contributed by atoms with Gasteiger partial charge >= 0.3 is 0 Å². The van der Waals surface area contributed by atoms with Crippen molar-refractivity contribution < 1.29 is 4.79 Å². The lowest BCUT2D eigenvalue weighted by atomic mass is 10.1. The Labute approximate surface area is 133 Å². The first-order valence-electron chi connectivity index (χ1n) is 7.06. The fourth-order valence-corrected chi connectivity index (χ4v) is 2.37. The predicted molar refractivity (Wildman–Crippen MR) is 90.5 cm³/mol. The molecular formula is C17H19BrN2O. The van der Waals surface area contributed by atoms with E-state index in [-0.39, 0.29) is 5.91 Å². The van der Waals surface area contributed by atoms with Crippen molar-refractivity contribution in [2.75, 3.05) is 11.9 Å². The minimum Gasteiger partial charge on any atom is -0.381 e. The van der Waals surface area contributed by atoms with Gasteiger partial charge in [0.25, 0.3) is 5.91 Å². The molecule has 0 aliphatic heterocycles. The average molecular weight is 347 g/mol. The van der Waals surface area contributed by atoms with E-state index >= 15 is 0 Å². The summed E-state index contributed by atoms with van der Waals surface area (Å²) in [5.41, 5.74) is 2.80. The maximum absolute atomic E-state index is 11.9. The molecule has 0 spiro atoms. The number of hydrogen-bond acceptors (Lipinski definition) is 2. The van der Waals surface area contributed by atoms with E-state index in [0.29, 0.717) is 18.7 Å². The Kier molecular flexibility index (Phi) is 5.81. The van der Waals surface area contributed by atoms with E-state index in [0.717, 1.165) is 16.6 Å². The first kappa shape index (κ1) is 15.6. The molecule has 0 fully saturated rings. The van der Waals surface area contributed by atoms with Crippen molar-refractivity contribution in [3.05, 3.63) is 64.1 Å². The van der Waals surface area contributed by atoms with Gasteiger partial charge in [0.15, 0.2) is 0 Å². The summed E-state index contributed by atoms with van der Waals surface area (Å²) in [6.45, 7) is 3.45. The number of carbonyl (C=O) groups excluding carboxylic acids is 1. The highest BCUT2D eigenvalue weighted by Gasteiger charge is 2.05. The Morgan fingerprint density at radius 2 is 1.95 bits per heavy atom. The fraction of sp³-hybridized carbons (Fsp3) is 0.235. The average Bonchev–Trinajstić information content (AvgIpc) is 2.52. The van der Waals surface area contributed by atoms with Crippen LogP contribution in [0.2, 0.25) is 0 Å². The summed E-state index contributed by atoms with van der Waals surface area (Å²) in [6, 6.07) is 15.6. The number of benzene rings is 2. The monoisotopic (exact) mass is 346 g/mol. The highest BCUT2D eigenvalue weighted by Crippen LogP contribution is 2.18. The van der Waals surface area contributed by atoms with Crippen LogP contribution in [0.1, 0.15) is 29.3 Å². The number of anilines is 1. The van der Waals surface area contributed by atoms with Crippen molar-refractivity contribution in [1.82, 2.24) is 5.32 Å². The maximum Gasteiger partial charge on any atom is 0.251 e. The molecule has 2 rings (SSSR count). The molecule has 3 nitrogen and oxygen atoms in total. The first-order valence-corrected chi connectivity index (χ1v) is 7.85. The van der Waals surface area contributed by atoms with Crippen LogP contribution in [0.5, 0.6) is 0 Å². The Bertz CT molecular complexity index is 613. The third kappa shape index (κ3) is 4.60. The second kappa shape index (κ2) is 7.84. The quantitative estimate of drug-likeness (QED) is 0.822. The van der Waals surface area contributed by atoms with Gasteiger partial charge in [-0.05, 0) is 36.2 Å². The van der Waals surface area contributed by atoms with Crippen LogP contribution >= 0.6 is 15.9 Å². The van der Waals surface area contributed by atoms with Crippen molar-refractivity contribution in [3.63, 3.8) is 0 Å². The molecule has 2 N–H and O–H groups in total. The van der Waals surface area contributed by atoms with Gasteiger partial charge in [0.05, 0.1) is 0 Å². The fourth-order valence-electron chi connectivity index (χ4n) is 1.95. The minimum absolute atomic E-state index is 0.0265. The molecule has 0 unspecified atom stereocenters.